The zero-order valence-corrected chi connectivity index (χ0v) is 26.9. The quantitative estimate of drug-likeness (QED) is 0.215. The lowest BCUT2D eigenvalue weighted by molar-refractivity contribution is -0.154. The molecule has 4 aliphatic rings. The van der Waals surface area contributed by atoms with Gasteiger partial charge in [0.1, 0.15) is 12.1 Å². The normalized spacial score (nSPS) is 36.6. The number of nitrogens with one attached hydrogen (secondary N) is 1. The van der Waals surface area contributed by atoms with E-state index in [0.29, 0.717) is 11.8 Å². The van der Waals surface area contributed by atoms with Crippen LogP contribution >= 0.6 is 0 Å². The smallest absolute Gasteiger partial charge is 0.407 e. The summed E-state index contributed by atoms with van der Waals surface area (Å²) in [4.78, 5) is 24.9. The maximum Gasteiger partial charge on any atom is 0.407 e. The molecule has 4 aliphatic carbocycles. The highest BCUT2D eigenvalue weighted by Crippen LogP contribution is 2.67. The molecule has 0 spiro atoms. The highest BCUT2D eigenvalue weighted by atomic mass is 16.6. The lowest BCUT2D eigenvalue weighted by Gasteiger charge is -2.58. The van der Waals surface area contributed by atoms with E-state index < -0.39 is 12.1 Å². The fourth-order valence-electron chi connectivity index (χ4n) is 9.89. The summed E-state index contributed by atoms with van der Waals surface area (Å²) in [6.07, 6.45) is 16.2. The molecule has 0 heterocycles. The Bertz CT molecular complexity index is 926. The van der Waals surface area contributed by atoms with Gasteiger partial charge >= 0.3 is 12.1 Å². The van der Waals surface area contributed by atoms with Crippen molar-refractivity contribution in [1.29, 1.82) is 0 Å². The number of fused-ring (bicyclic) bond motifs is 5. The van der Waals surface area contributed by atoms with Crippen molar-refractivity contribution >= 4 is 12.1 Å². The maximum absolute atomic E-state index is 13.1. The molecule has 3 saturated carbocycles. The Labute approximate surface area is 245 Å². The van der Waals surface area contributed by atoms with Crippen LogP contribution in [0.4, 0.5) is 4.79 Å². The van der Waals surface area contributed by atoms with Crippen LogP contribution < -0.4 is 5.32 Å². The van der Waals surface area contributed by atoms with Crippen molar-refractivity contribution in [3.63, 3.8) is 0 Å². The van der Waals surface area contributed by atoms with E-state index in [0.717, 1.165) is 54.8 Å². The third kappa shape index (κ3) is 6.43. The summed E-state index contributed by atoms with van der Waals surface area (Å²) in [5, 5.41) is 2.69. The van der Waals surface area contributed by atoms with Crippen LogP contribution in [0.1, 0.15) is 126 Å². The van der Waals surface area contributed by atoms with Crippen molar-refractivity contribution in [2.75, 3.05) is 7.11 Å². The Morgan fingerprint density at radius 3 is 2.40 bits per heavy atom. The van der Waals surface area contributed by atoms with Crippen LogP contribution in [0.25, 0.3) is 0 Å². The Morgan fingerprint density at radius 2 is 1.73 bits per heavy atom. The largest absolute Gasteiger partial charge is 0.461 e. The van der Waals surface area contributed by atoms with E-state index in [1.807, 2.05) is 13.8 Å². The number of amides is 1. The van der Waals surface area contributed by atoms with Gasteiger partial charge in [-0.25, -0.2) is 9.59 Å². The number of methoxy groups -OCH3 is 1. The standard InChI is InChI=1S/C35H59NO4/c1-22(2)10-9-11-24(5)28-14-15-29-27-13-12-25-21-26(16-18-34(25,6)30(27)17-19-35(28,29)7)40-32(37)31(20-23(3)4)36-33(38)39-8/h12,22-24,26-31H,9-11,13-21H2,1-8H3,(H,36,38). The molecule has 5 heteroatoms. The number of allylic oxidation sites excluding steroid dienone is 1. The van der Waals surface area contributed by atoms with Crippen molar-refractivity contribution in [3.8, 4) is 0 Å². The lowest BCUT2D eigenvalue weighted by Crippen LogP contribution is -2.51. The van der Waals surface area contributed by atoms with Gasteiger partial charge in [-0.2, -0.15) is 0 Å². The average Bonchev–Trinajstić information content (AvgIpc) is 3.25. The molecule has 5 nitrogen and oxygen atoms in total. The first-order valence-electron chi connectivity index (χ1n) is 16.6. The predicted molar refractivity (Wildman–Crippen MR) is 162 cm³/mol. The molecule has 0 aliphatic heterocycles. The molecule has 1 N–H and O–H groups in total. The van der Waals surface area contributed by atoms with Gasteiger partial charge in [-0.15, -0.1) is 0 Å². The summed E-state index contributed by atoms with van der Waals surface area (Å²) in [7, 11) is 1.33. The highest BCUT2D eigenvalue weighted by Gasteiger charge is 2.59. The number of hydrogen-bond donors (Lipinski definition) is 1. The molecule has 1 amide bonds. The van der Waals surface area contributed by atoms with E-state index in [9.17, 15) is 9.59 Å². The number of hydrogen-bond acceptors (Lipinski definition) is 4. The Morgan fingerprint density at radius 1 is 0.975 bits per heavy atom. The van der Waals surface area contributed by atoms with Crippen LogP contribution in [-0.2, 0) is 14.3 Å². The molecule has 9 atom stereocenters. The van der Waals surface area contributed by atoms with Crippen LogP contribution in [0.15, 0.2) is 11.6 Å². The van der Waals surface area contributed by atoms with Crippen molar-refractivity contribution in [2.24, 2.45) is 52.3 Å². The SMILES string of the molecule is COC(=O)NC(CC(C)C)C(=O)OC1CCC2(C)C(=CCC3C2CCC2(C)C(C(C)CCCC(C)C)CCC32)C1. The van der Waals surface area contributed by atoms with E-state index in [4.69, 9.17) is 9.47 Å². The minimum atomic E-state index is -0.662. The van der Waals surface area contributed by atoms with Gasteiger partial charge < -0.3 is 14.8 Å². The molecule has 228 valence electrons. The Balaban J connectivity index is 1.41. The fraction of sp³-hybridized carbons (Fsp3) is 0.886. The summed E-state index contributed by atoms with van der Waals surface area (Å²) >= 11 is 0. The second kappa shape index (κ2) is 12.8. The van der Waals surface area contributed by atoms with Crippen LogP contribution in [0, 0.1) is 52.3 Å². The molecule has 0 aromatic heterocycles. The van der Waals surface area contributed by atoms with Crippen molar-refractivity contribution in [1.82, 2.24) is 5.32 Å². The molecule has 0 aromatic rings. The zero-order valence-electron chi connectivity index (χ0n) is 26.9. The molecule has 9 unspecified atom stereocenters. The molecule has 3 fully saturated rings. The van der Waals surface area contributed by atoms with Gasteiger partial charge in [0, 0.05) is 6.42 Å². The highest BCUT2D eigenvalue weighted by molar-refractivity contribution is 5.81. The molecule has 0 bridgehead atoms. The van der Waals surface area contributed by atoms with Crippen molar-refractivity contribution in [2.45, 2.75) is 138 Å². The first kappa shape index (κ1) is 31.4. The molecular formula is C35H59NO4. The number of esters is 1. The first-order valence-corrected chi connectivity index (χ1v) is 16.6. The fourth-order valence-corrected chi connectivity index (χ4v) is 9.89. The number of alkyl carbamates (subject to hydrolysis) is 1. The summed E-state index contributed by atoms with van der Waals surface area (Å²) < 4.78 is 10.8. The van der Waals surface area contributed by atoms with E-state index >= 15 is 0 Å². The van der Waals surface area contributed by atoms with E-state index in [-0.39, 0.29) is 23.4 Å². The summed E-state index contributed by atoms with van der Waals surface area (Å²) in [5.74, 6) is 4.90. The van der Waals surface area contributed by atoms with E-state index in [2.05, 4.69) is 46.0 Å². The van der Waals surface area contributed by atoms with Crippen molar-refractivity contribution < 1.29 is 19.1 Å². The topological polar surface area (TPSA) is 64.6 Å². The summed E-state index contributed by atoms with van der Waals surface area (Å²) in [6, 6.07) is -0.662. The monoisotopic (exact) mass is 557 g/mol. The lowest BCUT2D eigenvalue weighted by atomic mass is 9.47. The van der Waals surface area contributed by atoms with Gasteiger partial charge in [-0.1, -0.05) is 79.4 Å². The first-order chi connectivity index (χ1) is 18.9. The molecule has 4 rings (SSSR count). The molecule has 0 radical (unpaired) electrons. The van der Waals surface area contributed by atoms with Crippen LogP contribution in [-0.4, -0.2) is 31.3 Å². The Hall–Kier alpha value is -1.52. The summed E-state index contributed by atoms with van der Waals surface area (Å²) in [5.41, 5.74) is 2.26. The number of carbonyl (C=O) groups excluding carboxylic acids is 2. The van der Waals surface area contributed by atoms with Gasteiger partial charge in [0.05, 0.1) is 7.11 Å². The zero-order chi connectivity index (χ0) is 29.2. The minimum Gasteiger partial charge on any atom is -0.461 e. The second-order valence-electron chi connectivity index (χ2n) is 15.4. The third-order valence-corrected chi connectivity index (χ3v) is 12.0. The van der Waals surface area contributed by atoms with E-state index in [1.54, 1.807) is 0 Å². The summed E-state index contributed by atoms with van der Waals surface area (Å²) in [6.45, 7) is 16.5. The van der Waals surface area contributed by atoms with Gasteiger partial charge in [0.25, 0.3) is 0 Å². The predicted octanol–water partition coefficient (Wildman–Crippen LogP) is 8.71. The van der Waals surface area contributed by atoms with Gasteiger partial charge in [-0.05, 0) is 104 Å². The van der Waals surface area contributed by atoms with Gasteiger partial charge in [0.2, 0.25) is 0 Å². The number of rotatable bonds is 10. The molecular weight excluding hydrogens is 498 g/mol. The number of ether oxygens (including phenoxy) is 2. The number of carbonyl (C=O) groups is 2. The second-order valence-corrected chi connectivity index (χ2v) is 15.4. The van der Waals surface area contributed by atoms with Crippen LogP contribution in [0.3, 0.4) is 0 Å². The maximum atomic E-state index is 13.1. The van der Waals surface area contributed by atoms with E-state index in [1.165, 1.54) is 64.0 Å². The van der Waals surface area contributed by atoms with Gasteiger partial charge in [0.15, 0.2) is 0 Å². The van der Waals surface area contributed by atoms with Crippen molar-refractivity contribution in [3.05, 3.63) is 11.6 Å². The molecule has 0 aromatic carbocycles. The van der Waals surface area contributed by atoms with Crippen LogP contribution in [0.2, 0.25) is 0 Å². The Kier molecular flexibility index (Phi) is 10.0. The van der Waals surface area contributed by atoms with Crippen LogP contribution in [0.5, 0.6) is 0 Å². The minimum absolute atomic E-state index is 0.103. The molecule has 40 heavy (non-hydrogen) atoms. The average molecular weight is 558 g/mol. The third-order valence-electron chi connectivity index (χ3n) is 12.0. The molecule has 0 saturated heterocycles. The van der Waals surface area contributed by atoms with Gasteiger partial charge in [-0.3, -0.25) is 0 Å².